The van der Waals surface area contributed by atoms with Crippen LogP contribution in [0.15, 0.2) is 66.7 Å². The van der Waals surface area contributed by atoms with Crippen molar-refractivity contribution in [2.24, 2.45) is 0 Å². The fraction of sp³-hybridized carbons (Fsp3) is 0.185. The molecular weight excluding hydrogens is 472 g/mol. The van der Waals surface area contributed by atoms with Gasteiger partial charge in [0.2, 0.25) is 0 Å². The summed E-state index contributed by atoms with van der Waals surface area (Å²) in [6.07, 6.45) is 0. The van der Waals surface area contributed by atoms with Crippen LogP contribution in [0.2, 0.25) is 0 Å². The summed E-state index contributed by atoms with van der Waals surface area (Å²) in [6.45, 7) is 3.78. The Labute approximate surface area is 212 Å². The summed E-state index contributed by atoms with van der Waals surface area (Å²) in [7, 11) is 0. The van der Waals surface area contributed by atoms with Crippen molar-refractivity contribution in [2.45, 2.75) is 27.0 Å². The van der Waals surface area contributed by atoms with Crippen molar-refractivity contribution < 1.29 is 19.1 Å². The average Bonchev–Trinajstić information content (AvgIpc) is 3.57. The fourth-order valence-electron chi connectivity index (χ4n) is 4.24. The van der Waals surface area contributed by atoms with E-state index >= 15 is 0 Å². The number of para-hydroxylation sites is 1. The maximum atomic E-state index is 12.7. The minimum atomic E-state index is -0.429. The first-order valence-electron chi connectivity index (χ1n) is 11.8. The summed E-state index contributed by atoms with van der Waals surface area (Å²) < 4.78 is 12.4. The lowest BCUT2D eigenvalue weighted by molar-refractivity contribution is -0.142. The van der Waals surface area contributed by atoms with Gasteiger partial charge in [-0.1, -0.05) is 54.6 Å². The second-order valence-electron chi connectivity index (χ2n) is 8.28. The minimum absolute atomic E-state index is 0.0110. The molecule has 0 bridgehead atoms. The van der Waals surface area contributed by atoms with Crippen molar-refractivity contribution in [1.29, 1.82) is 0 Å². The molecule has 0 fully saturated rings. The smallest absolute Gasteiger partial charge is 0.340 e. The number of nitrogens with zero attached hydrogens (tertiary/aromatic N) is 5. The number of tetrazole rings is 1. The summed E-state index contributed by atoms with van der Waals surface area (Å²) in [4.78, 5) is 28.8. The first-order valence-corrected chi connectivity index (χ1v) is 11.8. The van der Waals surface area contributed by atoms with E-state index in [-0.39, 0.29) is 13.2 Å². The Balaban J connectivity index is 1.52. The molecule has 3 aromatic carbocycles. The topological polar surface area (TPSA) is 125 Å². The molecule has 0 amide bonds. The van der Waals surface area contributed by atoms with Crippen LogP contribution in [-0.4, -0.2) is 48.7 Å². The molecule has 0 aliphatic heterocycles. The zero-order chi connectivity index (χ0) is 25.8. The molecule has 0 aliphatic rings. The molecule has 2 aromatic heterocycles. The number of carbonyl (C=O) groups is 2. The van der Waals surface area contributed by atoms with Crippen molar-refractivity contribution in [3.63, 3.8) is 0 Å². The van der Waals surface area contributed by atoms with Gasteiger partial charge in [0.15, 0.2) is 5.82 Å². The normalized spacial score (nSPS) is 11.0. The third-order valence-electron chi connectivity index (χ3n) is 5.88. The third-order valence-corrected chi connectivity index (χ3v) is 5.88. The van der Waals surface area contributed by atoms with Crippen molar-refractivity contribution in [3.8, 4) is 22.5 Å². The Kier molecular flexibility index (Phi) is 6.71. The van der Waals surface area contributed by atoms with E-state index in [4.69, 9.17) is 9.47 Å². The first kappa shape index (κ1) is 23.9. The number of benzene rings is 3. The number of H-pyrrole nitrogens is 1. The third kappa shape index (κ3) is 4.94. The summed E-state index contributed by atoms with van der Waals surface area (Å²) in [5.74, 6) is 0.289. The van der Waals surface area contributed by atoms with Gasteiger partial charge in [0.25, 0.3) is 0 Å². The van der Waals surface area contributed by atoms with Gasteiger partial charge < -0.3 is 14.0 Å². The number of hydrogen-bond donors (Lipinski definition) is 1. The molecule has 186 valence electrons. The predicted octanol–water partition coefficient (Wildman–Crippen LogP) is 4.17. The summed E-state index contributed by atoms with van der Waals surface area (Å²) in [5.41, 5.74) is 5.52. The molecule has 0 aliphatic carbocycles. The van der Waals surface area contributed by atoms with Crippen LogP contribution >= 0.6 is 0 Å². The van der Waals surface area contributed by atoms with Crippen LogP contribution in [0.3, 0.4) is 0 Å². The van der Waals surface area contributed by atoms with Crippen LogP contribution < -0.4 is 0 Å². The highest BCUT2D eigenvalue weighted by Gasteiger charge is 2.20. The monoisotopic (exact) mass is 496 g/mol. The van der Waals surface area contributed by atoms with Crippen molar-refractivity contribution in [1.82, 2.24) is 30.2 Å². The van der Waals surface area contributed by atoms with Gasteiger partial charge in [-0.2, -0.15) is 0 Å². The van der Waals surface area contributed by atoms with E-state index in [1.165, 1.54) is 6.92 Å². The summed E-state index contributed by atoms with van der Waals surface area (Å²) >= 11 is 0. The highest BCUT2D eigenvalue weighted by molar-refractivity contribution is 6.02. The molecular formula is C27H24N6O4. The van der Waals surface area contributed by atoms with Crippen molar-refractivity contribution in [2.75, 3.05) is 6.61 Å². The lowest BCUT2D eigenvalue weighted by atomic mass is 9.98. The molecule has 0 atom stereocenters. The molecule has 5 aromatic rings. The van der Waals surface area contributed by atoms with E-state index in [1.54, 1.807) is 19.1 Å². The molecule has 0 saturated carbocycles. The van der Waals surface area contributed by atoms with Crippen molar-refractivity contribution >= 4 is 23.0 Å². The Morgan fingerprint density at radius 3 is 2.43 bits per heavy atom. The van der Waals surface area contributed by atoms with Gasteiger partial charge in [0, 0.05) is 19.0 Å². The fourth-order valence-corrected chi connectivity index (χ4v) is 4.24. The lowest BCUT2D eigenvalue weighted by Crippen LogP contribution is -2.12. The van der Waals surface area contributed by atoms with Crippen LogP contribution in [0.5, 0.6) is 0 Å². The van der Waals surface area contributed by atoms with Gasteiger partial charge in [0.05, 0.1) is 23.2 Å². The van der Waals surface area contributed by atoms with Crippen LogP contribution in [0.1, 0.15) is 35.6 Å². The molecule has 0 spiro atoms. The molecule has 0 radical (unpaired) electrons. The average molecular weight is 497 g/mol. The second-order valence-corrected chi connectivity index (χ2v) is 8.28. The van der Waals surface area contributed by atoms with Gasteiger partial charge in [0.1, 0.15) is 12.4 Å². The number of esters is 2. The van der Waals surface area contributed by atoms with E-state index in [0.717, 1.165) is 22.3 Å². The van der Waals surface area contributed by atoms with E-state index < -0.39 is 11.9 Å². The van der Waals surface area contributed by atoms with Crippen LogP contribution in [0, 0.1) is 0 Å². The molecule has 0 unspecified atom stereocenters. The van der Waals surface area contributed by atoms with E-state index in [1.807, 2.05) is 59.2 Å². The number of carbonyl (C=O) groups excluding carboxylic acids is 2. The number of imidazole rings is 1. The Hall–Kier alpha value is -4.86. The number of ether oxygens (including phenoxy) is 2. The van der Waals surface area contributed by atoms with Gasteiger partial charge in [-0.3, -0.25) is 4.79 Å². The zero-order valence-corrected chi connectivity index (χ0v) is 20.3. The predicted molar refractivity (Wildman–Crippen MR) is 135 cm³/mol. The highest BCUT2D eigenvalue weighted by atomic mass is 16.5. The Bertz CT molecular complexity index is 1560. The number of aromatic nitrogens is 6. The number of nitrogens with one attached hydrogen (secondary N) is 1. The number of fused-ring (bicyclic) bond motifs is 1. The number of aromatic amines is 1. The molecule has 2 heterocycles. The van der Waals surface area contributed by atoms with Crippen LogP contribution in [-0.2, 0) is 27.4 Å². The molecule has 1 N–H and O–H groups in total. The molecule has 10 heteroatoms. The largest absolute Gasteiger partial charge is 0.462 e. The van der Waals surface area contributed by atoms with Gasteiger partial charge in [-0.15, -0.1) is 5.10 Å². The molecule has 0 saturated heterocycles. The van der Waals surface area contributed by atoms with Crippen LogP contribution in [0.25, 0.3) is 33.5 Å². The molecule has 10 nitrogen and oxygen atoms in total. The van der Waals surface area contributed by atoms with E-state index in [9.17, 15) is 9.59 Å². The Morgan fingerprint density at radius 2 is 1.73 bits per heavy atom. The lowest BCUT2D eigenvalue weighted by Gasteiger charge is -2.13. The van der Waals surface area contributed by atoms with Crippen molar-refractivity contribution in [3.05, 3.63) is 83.7 Å². The van der Waals surface area contributed by atoms with E-state index in [0.29, 0.717) is 34.8 Å². The van der Waals surface area contributed by atoms with Gasteiger partial charge >= 0.3 is 11.9 Å². The molecule has 37 heavy (non-hydrogen) atoms. The Morgan fingerprint density at radius 1 is 0.946 bits per heavy atom. The quantitative estimate of drug-likeness (QED) is 0.317. The summed E-state index contributed by atoms with van der Waals surface area (Å²) in [6, 6.07) is 21.2. The van der Waals surface area contributed by atoms with E-state index in [2.05, 4.69) is 25.6 Å². The second kappa shape index (κ2) is 10.4. The standard InChI is InChI=1S/C27H24N6O4/c1-3-36-27(35)22-9-6-10-23-25(22)33(24(28-23)16-37-17(2)34)15-18-11-13-19(14-12-18)20-7-4-5-8-21(20)26-29-31-32-30-26/h4-14H,3,15-16H2,1-2H3,(H,29,30,31,32). The zero-order valence-electron chi connectivity index (χ0n) is 20.3. The summed E-state index contributed by atoms with van der Waals surface area (Å²) in [5, 5.41) is 14.2. The number of hydrogen-bond acceptors (Lipinski definition) is 8. The SMILES string of the molecule is CCOC(=O)c1cccc2nc(COC(C)=O)n(Cc3ccc(-c4ccccc4-c4nnn[nH]4)cc3)c12. The number of rotatable bonds is 8. The van der Waals surface area contributed by atoms with Gasteiger partial charge in [-0.25, -0.2) is 14.9 Å². The maximum absolute atomic E-state index is 12.7. The first-order chi connectivity index (χ1) is 18.0. The molecule has 5 rings (SSSR count). The minimum Gasteiger partial charge on any atom is -0.462 e. The highest BCUT2D eigenvalue weighted by Crippen LogP contribution is 2.30. The van der Waals surface area contributed by atoms with Gasteiger partial charge in [-0.05, 0) is 46.2 Å². The van der Waals surface area contributed by atoms with Crippen LogP contribution in [0.4, 0.5) is 0 Å². The maximum Gasteiger partial charge on any atom is 0.340 e.